The molecule has 3 heteroatoms. The standard InChI is InChI=1S/C5H5.C4H10O2.Li/c1-2-4-5-3-1;1-5-3-4-6-2;/h1-5H;3-4H2,1-2H3;/q-1;;+1. The van der Waals surface area contributed by atoms with Crippen LogP contribution in [0.25, 0.3) is 0 Å². The van der Waals surface area contributed by atoms with Gasteiger partial charge in [0.15, 0.2) is 0 Å². The fraction of sp³-hybridized carbons (Fsp3) is 0.444. The molecule has 0 saturated carbocycles. The van der Waals surface area contributed by atoms with Crippen molar-refractivity contribution in [2.45, 2.75) is 0 Å². The molecule has 1 aromatic carbocycles. The normalized spacial score (nSPS) is 7.83. The van der Waals surface area contributed by atoms with Crippen LogP contribution in [0.3, 0.4) is 0 Å². The molecule has 12 heavy (non-hydrogen) atoms. The van der Waals surface area contributed by atoms with Crippen molar-refractivity contribution in [1.82, 2.24) is 0 Å². The van der Waals surface area contributed by atoms with Crippen LogP contribution >= 0.6 is 0 Å². The van der Waals surface area contributed by atoms with Gasteiger partial charge in [-0.15, -0.1) is 0 Å². The summed E-state index contributed by atoms with van der Waals surface area (Å²) >= 11 is 0. The third kappa shape index (κ3) is 12.5. The van der Waals surface area contributed by atoms with Gasteiger partial charge in [-0.05, 0) is 0 Å². The molecular weight excluding hydrogens is 147 g/mol. The van der Waals surface area contributed by atoms with E-state index in [0.29, 0.717) is 13.2 Å². The Morgan fingerprint density at radius 3 is 1.58 bits per heavy atom. The third-order valence-corrected chi connectivity index (χ3v) is 1.05. The SMILES string of the molecule is COCCOC.[Li+].c1cc[cH-]c1. The van der Waals surface area contributed by atoms with Gasteiger partial charge >= 0.3 is 18.9 Å². The van der Waals surface area contributed by atoms with Gasteiger partial charge < -0.3 is 9.47 Å². The molecule has 0 spiro atoms. The molecule has 0 unspecified atom stereocenters. The average molecular weight is 162 g/mol. The van der Waals surface area contributed by atoms with Crippen molar-refractivity contribution in [3.63, 3.8) is 0 Å². The Morgan fingerprint density at radius 2 is 1.42 bits per heavy atom. The minimum absolute atomic E-state index is 0. The third-order valence-electron chi connectivity index (χ3n) is 1.05. The topological polar surface area (TPSA) is 18.5 Å². The van der Waals surface area contributed by atoms with Gasteiger partial charge in [0.25, 0.3) is 0 Å². The summed E-state index contributed by atoms with van der Waals surface area (Å²) in [5.74, 6) is 0. The summed E-state index contributed by atoms with van der Waals surface area (Å²) in [4.78, 5) is 0. The van der Waals surface area contributed by atoms with E-state index >= 15 is 0 Å². The van der Waals surface area contributed by atoms with Crippen LogP contribution in [0.15, 0.2) is 30.3 Å². The second-order valence-electron chi connectivity index (χ2n) is 1.95. The summed E-state index contributed by atoms with van der Waals surface area (Å²) in [5, 5.41) is 0. The Balaban J connectivity index is 0. The first-order valence-corrected chi connectivity index (χ1v) is 3.56. The maximum Gasteiger partial charge on any atom is 1.00 e. The van der Waals surface area contributed by atoms with Crippen molar-refractivity contribution >= 4 is 0 Å². The first-order valence-electron chi connectivity index (χ1n) is 3.56. The zero-order valence-corrected chi connectivity index (χ0v) is 8.12. The Labute approximate surface area is 86.4 Å². The van der Waals surface area contributed by atoms with Crippen LogP contribution in [0.5, 0.6) is 0 Å². The fourth-order valence-corrected chi connectivity index (χ4v) is 0.487. The molecular formula is C9H15LiO2. The fourth-order valence-electron chi connectivity index (χ4n) is 0.487. The predicted molar refractivity (Wildman–Crippen MR) is 45.8 cm³/mol. The van der Waals surface area contributed by atoms with Crippen LogP contribution in [0.1, 0.15) is 0 Å². The van der Waals surface area contributed by atoms with E-state index in [1.807, 2.05) is 30.3 Å². The summed E-state index contributed by atoms with van der Waals surface area (Å²) in [7, 11) is 3.30. The Hall–Kier alpha value is -0.133. The van der Waals surface area contributed by atoms with Gasteiger partial charge in [-0.3, -0.25) is 0 Å². The Morgan fingerprint density at radius 1 is 1.00 bits per heavy atom. The number of hydrogen-bond donors (Lipinski definition) is 0. The largest absolute Gasteiger partial charge is 1.00 e. The van der Waals surface area contributed by atoms with Crippen molar-refractivity contribution in [1.29, 1.82) is 0 Å². The van der Waals surface area contributed by atoms with E-state index in [4.69, 9.17) is 0 Å². The monoisotopic (exact) mass is 162 g/mol. The van der Waals surface area contributed by atoms with Gasteiger partial charge in [0.1, 0.15) is 0 Å². The van der Waals surface area contributed by atoms with Gasteiger partial charge in [-0.25, -0.2) is 12.1 Å². The first kappa shape index (κ1) is 14.4. The molecule has 0 aromatic heterocycles. The van der Waals surface area contributed by atoms with Gasteiger partial charge in [-0.2, -0.15) is 18.2 Å². The van der Waals surface area contributed by atoms with Crippen LogP contribution in [-0.2, 0) is 9.47 Å². The van der Waals surface area contributed by atoms with Gasteiger partial charge in [0.2, 0.25) is 0 Å². The molecule has 0 fully saturated rings. The van der Waals surface area contributed by atoms with E-state index in [-0.39, 0.29) is 18.9 Å². The minimum atomic E-state index is 0. The zero-order chi connectivity index (χ0) is 8.36. The van der Waals surface area contributed by atoms with Crippen LogP contribution in [0.2, 0.25) is 0 Å². The molecule has 0 atom stereocenters. The summed E-state index contributed by atoms with van der Waals surface area (Å²) in [5.41, 5.74) is 0. The molecule has 64 valence electrons. The molecule has 0 aliphatic carbocycles. The molecule has 1 rings (SSSR count). The molecule has 1 aromatic rings. The van der Waals surface area contributed by atoms with Crippen molar-refractivity contribution in [3.05, 3.63) is 30.3 Å². The summed E-state index contributed by atoms with van der Waals surface area (Å²) in [6.07, 6.45) is 0. The molecule has 0 N–H and O–H groups in total. The molecule has 0 aliphatic rings. The van der Waals surface area contributed by atoms with Crippen LogP contribution in [0.4, 0.5) is 0 Å². The van der Waals surface area contributed by atoms with Crippen LogP contribution in [-0.4, -0.2) is 27.4 Å². The molecule has 0 amide bonds. The van der Waals surface area contributed by atoms with Gasteiger partial charge in [0.05, 0.1) is 13.2 Å². The van der Waals surface area contributed by atoms with E-state index in [2.05, 4.69) is 9.47 Å². The zero-order valence-electron chi connectivity index (χ0n) is 8.12. The van der Waals surface area contributed by atoms with Crippen molar-refractivity contribution in [2.24, 2.45) is 0 Å². The molecule has 0 radical (unpaired) electrons. The molecule has 0 heterocycles. The maximum absolute atomic E-state index is 4.66. The van der Waals surface area contributed by atoms with Crippen LogP contribution < -0.4 is 18.9 Å². The minimum Gasteiger partial charge on any atom is -0.382 e. The predicted octanol–water partition coefficient (Wildman–Crippen LogP) is -1.31. The number of rotatable bonds is 3. The summed E-state index contributed by atoms with van der Waals surface area (Å²) in [6, 6.07) is 10.0. The van der Waals surface area contributed by atoms with E-state index in [0.717, 1.165) is 0 Å². The summed E-state index contributed by atoms with van der Waals surface area (Å²) in [6.45, 7) is 1.38. The van der Waals surface area contributed by atoms with E-state index < -0.39 is 0 Å². The second-order valence-corrected chi connectivity index (χ2v) is 1.95. The Kier molecular flexibility index (Phi) is 16.1. The number of methoxy groups -OCH3 is 2. The summed E-state index contributed by atoms with van der Waals surface area (Å²) < 4.78 is 9.31. The molecule has 0 bridgehead atoms. The van der Waals surface area contributed by atoms with Crippen molar-refractivity contribution < 1.29 is 28.3 Å². The second kappa shape index (κ2) is 13.5. The van der Waals surface area contributed by atoms with E-state index in [9.17, 15) is 0 Å². The number of ether oxygens (including phenoxy) is 2. The van der Waals surface area contributed by atoms with Gasteiger partial charge in [0, 0.05) is 14.2 Å². The average Bonchev–Trinajstić information content (AvgIpc) is 2.57. The van der Waals surface area contributed by atoms with E-state index in [1.165, 1.54) is 0 Å². The molecule has 0 saturated heterocycles. The quantitative estimate of drug-likeness (QED) is 0.312. The van der Waals surface area contributed by atoms with Gasteiger partial charge in [-0.1, -0.05) is 0 Å². The smallest absolute Gasteiger partial charge is 0.382 e. The molecule has 2 nitrogen and oxygen atoms in total. The first-order chi connectivity index (χ1) is 5.41. The van der Waals surface area contributed by atoms with Crippen molar-refractivity contribution in [2.75, 3.05) is 27.4 Å². The number of hydrogen-bond acceptors (Lipinski definition) is 2. The van der Waals surface area contributed by atoms with Crippen molar-refractivity contribution in [3.8, 4) is 0 Å². The van der Waals surface area contributed by atoms with Crippen LogP contribution in [0, 0.1) is 0 Å². The Bertz CT molecular complexity index is 108. The molecule has 0 aliphatic heterocycles. The maximum atomic E-state index is 4.66. The van der Waals surface area contributed by atoms with E-state index in [1.54, 1.807) is 14.2 Å².